The minimum absolute atomic E-state index is 0.0432. The van der Waals surface area contributed by atoms with Gasteiger partial charge >= 0.3 is 12.2 Å². The minimum atomic E-state index is -4.50. The van der Waals surface area contributed by atoms with E-state index in [9.17, 15) is 22.8 Å². The van der Waals surface area contributed by atoms with Gasteiger partial charge in [-0.15, -0.1) is 0 Å². The van der Waals surface area contributed by atoms with Crippen LogP contribution in [0.5, 0.6) is 0 Å². The van der Waals surface area contributed by atoms with Gasteiger partial charge in [-0.1, -0.05) is 19.4 Å². The molecular formula is C23H29F3N4O2. The van der Waals surface area contributed by atoms with Crippen molar-refractivity contribution in [3.8, 4) is 0 Å². The smallest absolute Gasteiger partial charge is 0.353 e. The van der Waals surface area contributed by atoms with Crippen LogP contribution >= 0.6 is 0 Å². The molecule has 1 N–H and O–H groups in total. The van der Waals surface area contributed by atoms with Crippen molar-refractivity contribution in [3.05, 3.63) is 53.9 Å². The number of nitrogens with one attached hydrogen (secondary N) is 1. The maximum atomic E-state index is 13.1. The van der Waals surface area contributed by atoms with Crippen LogP contribution in [-0.4, -0.2) is 45.4 Å². The average molecular weight is 451 g/mol. The summed E-state index contributed by atoms with van der Waals surface area (Å²) in [5.74, 6) is -0.163. The van der Waals surface area contributed by atoms with Gasteiger partial charge < -0.3 is 19.7 Å². The third-order valence-electron chi connectivity index (χ3n) is 5.53. The summed E-state index contributed by atoms with van der Waals surface area (Å²) in [4.78, 5) is 29.2. The van der Waals surface area contributed by atoms with Gasteiger partial charge in [0.25, 0.3) is 0 Å². The number of amides is 3. The lowest BCUT2D eigenvalue weighted by Crippen LogP contribution is -2.45. The standard InChI is InChI=1S/C23H29F3N4O2/c1-3-4-13-29(22(32)27-18-8-5-7-17(14-18)23(24,25)26)16-21(31)30(19-10-11-19)15-20-9-6-12-28(20)2/h5-9,12,14,19H,3-4,10-11,13,15-16H2,1-2H3,(H,27,32). The normalized spacial score (nSPS) is 13.7. The second-order valence-corrected chi connectivity index (χ2v) is 8.15. The van der Waals surface area contributed by atoms with Gasteiger partial charge in [0.2, 0.25) is 5.91 Å². The molecule has 0 radical (unpaired) electrons. The molecule has 9 heteroatoms. The van der Waals surface area contributed by atoms with Gasteiger partial charge in [0, 0.05) is 37.2 Å². The summed E-state index contributed by atoms with van der Waals surface area (Å²) in [5, 5.41) is 2.52. The molecule has 2 aromatic rings. The summed E-state index contributed by atoms with van der Waals surface area (Å²) >= 11 is 0. The zero-order valence-corrected chi connectivity index (χ0v) is 18.4. The summed E-state index contributed by atoms with van der Waals surface area (Å²) in [6.45, 7) is 2.65. The van der Waals surface area contributed by atoms with Crippen molar-refractivity contribution in [2.45, 2.75) is 51.4 Å². The molecule has 1 aromatic carbocycles. The number of alkyl halides is 3. The predicted molar refractivity (Wildman–Crippen MR) is 116 cm³/mol. The number of aryl methyl sites for hydroxylation is 1. The number of carbonyl (C=O) groups is 2. The summed E-state index contributed by atoms with van der Waals surface area (Å²) in [7, 11) is 1.92. The quantitative estimate of drug-likeness (QED) is 0.593. The minimum Gasteiger partial charge on any atom is -0.353 e. The Morgan fingerprint density at radius 1 is 1.19 bits per heavy atom. The molecule has 0 spiro atoms. The van der Waals surface area contributed by atoms with E-state index in [-0.39, 0.29) is 24.2 Å². The second-order valence-electron chi connectivity index (χ2n) is 8.15. The van der Waals surface area contributed by atoms with E-state index in [0.29, 0.717) is 19.5 Å². The number of carbonyl (C=O) groups excluding carboxylic acids is 2. The molecule has 0 bridgehead atoms. The summed E-state index contributed by atoms with van der Waals surface area (Å²) < 4.78 is 40.9. The molecule has 32 heavy (non-hydrogen) atoms. The number of aromatic nitrogens is 1. The lowest BCUT2D eigenvalue weighted by molar-refractivity contribution is -0.137. The molecule has 3 rings (SSSR count). The Morgan fingerprint density at radius 3 is 2.53 bits per heavy atom. The van der Waals surface area contributed by atoms with Crippen molar-refractivity contribution in [2.24, 2.45) is 7.05 Å². The SMILES string of the molecule is CCCCN(CC(=O)N(Cc1cccn1C)C1CC1)C(=O)Nc1cccc(C(F)(F)F)c1. The van der Waals surface area contributed by atoms with E-state index in [1.54, 1.807) is 4.90 Å². The van der Waals surface area contributed by atoms with Crippen molar-refractivity contribution < 1.29 is 22.8 Å². The van der Waals surface area contributed by atoms with Crippen LogP contribution in [0.4, 0.5) is 23.7 Å². The highest BCUT2D eigenvalue weighted by atomic mass is 19.4. The zero-order chi connectivity index (χ0) is 23.3. The molecule has 3 amide bonds. The first-order valence-corrected chi connectivity index (χ1v) is 10.8. The van der Waals surface area contributed by atoms with Crippen LogP contribution in [0.15, 0.2) is 42.6 Å². The van der Waals surface area contributed by atoms with E-state index in [1.807, 2.05) is 36.9 Å². The van der Waals surface area contributed by atoms with E-state index in [0.717, 1.165) is 37.1 Å². The molecule has 0 unspecified atom stereocenters. The number of rotatable bonds is 9. The predicted octanol–water partition coefficient (Wildman–Crippen LogP) is 4.87. The van der Waals surface area contributed by atoms with Crippen LogP contribution in [-0.2, 0) is 24.6 Å². The Balaban J connectivity index is 1.70. The van der Waals surface area contributed by atoms with E-state index >= 15 is 0 Å². The van der Waals surface area contributed by atoms with Crippen LogP contribution in [0.3, 0.4) is 0 Å². The second kappa shape index (κ2) is 10.1. The van der Waals surface area contributed by atoms with Crippen LogP contribution < -0.4 is 5.32 Å². The molecule has 174 valence electrons. The van der Waals surface area contributed by atoms with Gasteiger partial charge in [0.05, 0.1) is 12.1 Å². The Hall–Kier alpha value is -2.97. The Labute approximate surface area is 186 Å². The number of hydrogen-bond donors (Lipinski definition) is 1. The van der Waals surface area contributed by atoms with E-state index in [4.69, 9.17) is 0 Å². The number of benzene rings is 1. The van der Waals surface area contributed by atoms with Crippen molar-refractivity contribution >= 4 is 17.6 Å². The van der Waals surface area contributed by atoms with E-state index in [2.05, 4.69) is 5.32 Å². The van der Waals surface area contributed by atoms with E-state index in [1.165, 1.54) is 17.0 Å². The molecule has 0 atom stereocenters. The zero-order valence-electron chi connectivity index (χ0n) is 18.4. The van der Waals surface area contributed by atoms with E-state index < -0.39 is 17.8 Å². The fraction of sp³-hybridized carbons (Fsp3) is 0.478. The van der Waals surface area contributed by atoms with Crippen molar-refractivity contribution in [2.75, 3.05) is 18.4 Å². The summed E-state index contributed by atoms with van der Waals surface area (Å²) in [6.07, 6.45) is 0.784. The number of hydrogen-bond acceptors (Lipinski definition) is 2. The maximum Gasteiger partial charge on any atom is 0.416 e. The maximum absolute atomic E-state index is 13.1. The van der Waals surface area contributed by atoms with Crippen molar-refractivity contribution in [3.63, 3.8) is 0 Å². The third kappa shape index (κ3) is 6.27. The highest BCUT2D eigenvalue weighted by molar-refractivity contribution is 5.92. The third-order valence-corrected chi connectivity index (χ3v) is 5.53. The summed E-state index contributed by atoms with van der Waals surface area (Å²) in [6, 6.07) is 7.94. The fourth-order valence-electron chi connectivity index (χ4n) is 3.47. The highest BCUT2D eigenvalue weighted by Crippen LogP contribution is 2.31. The Morgan fingerprint density at radius 2 is 1.94 bits per heavy atom. The fourth-order valence-corrected chi connectivity index (χ4v) is 3.47. The monoisotopic (exact) mass is 450 g/mol. The number of urea groups is 1. The molecule has 1 aliphatic rings. The first-order chi connectivity index (χ1) is 15.2. The highest BCUT2D eigenvalue weighted by Gasteiger charge is 2.34. The van der Waals surface area contributed by atoms with Crippen molar-refractivity contribution in [1.82, 2.24) is 14.4 Å². The average Bonchev–Trinajstić information content (AvgIpc) is 3.50. The molecule has 0 aliphatic heterocycles. The molecule has 1 aliphatic carbocycles. The first-order valence-electron chi connectivity index (χ1n) is 10.8. The molecule has 1 fully saturated rings. The lowest BCUT2D eigenvalue weighted by atomic mass is 10.2. The van der Waals surface area contributed by atoms with Gasteiger partial charge in [-0.3, -0.25) is 4.79 Å². The van der Waals surface area contributed by atoms with Crippen LogP contribution in [0.25, 0.3) is 0 Å². The first kappa shape index (κ1) is 23.7. The number of unbranched alkanes of at least 4 members (excludes halogenated alkanes) is 1. The number of nitrogens with zero attached hydrogens (tertiary/aromatic N) is 3. The molecule has 6 nitrogen and oxygen atoms in total. The van der Waals surface area contributed by atoms with Gasteiger partial charge in [0.1, 0.15) is 6.54 Å². The molecule has 1 saturated carbocycles. The lowest BCUT2D eigenvalue weighted by Gasteiger charge is -2.28. The van der Waals surface area contributed by atoms with Gasteiger partial charge in [-0.25, -0.2) is 4.79 Å². The molecule has 1 heterocycles. The topological polar surface area (TPSA) is 57.6 Å². The Bertz CT molecular complexity index is 937. The number of anilines is 1. The molecule has 0 saturated heterocycles. The van der Waals surface area contributed by atoms with Crippen molar-refractivity contribution in [1.29, 1.82) is 0 Å². The Kier molecular flexibility index (Phi) is 7.48. The largest absolute Gasteiger partial charge is 0.416 e. The molecular weight excluding hydrogens is 421 g/mol. The molecule has 1 aromatic heterocycles. The van der Waals surface area contributed by atoms with Crippen LogP contribution in [0.2, 0.25) is 0 Å². The van der Waals surface area contributed by atoms with Crippen LogP contribution in [0.1, 0.15) is 43.9 Å². The summed E-state index contributed by atoms with van der Waals surface area (Å²) in [5.41, 5.74) is 0.203. The van der Waals surface area contributed by atoms with Gasteiger partial charge in [0.15, 0.2) is 0 Å². The van der Waals surface area contributed by atoms with Gasteiger partial charge in [-0.2, -0.15) is 13.2 Å². The van der Waals surface area contributed by atoms with Crippen LogP contribution in [0, 0.1) is 0 Å². The van der Waals surface area contributed by atoms with Gasteiger partial charge in [-0.05, 0) is 49.6 Å². The number of halogens is 3.